The van der Waals surface area contributed by atoms with Gasteiger partial charge < -0.3 is 15.8 Å². The summed E-state index contributed by atoms with van der Waals surface area (Å²) < 4.78 is 4.48. The van der Waals surface area contributed by atoms with Crippen LogP contribution in [0.5, 0.6) is 0 Å². The smallest absolute Gasteiger partial charge is 0.303 e. The van der Waals surface area contributed by atoms with Crippen LogP contribution in [0.15, 0.2) is 0 Å². The van der Waals surface area contributed by atoms with Crippen molar-refractivity contribution in [3.63, 3.8) is 0 Å². The van der Waals surface area contributed by atoms with E-state index in [1.165, 1.54) is 6.92 Å². The third kappa shape index (κ3) is 8.10. The average Bonchev–Trinajstić information content (AvgIpc) is 2.30. The van der Waals surface area contributed by atoms with E-state index in [-0.39, 0.29) is 0 Å². The fraction of sp³-hybridized carbons (Fsp3) is 0.636. The number of hydrogen-bond donors (Lipinski definition) is 2. The van der Waals surface area contributed by atoms with E-state index < -0.39 is 30.4 Å². The van der Waals surface area contributed by atoms with E-state index in [4.69, 9.17) is 11.0 Å². The zero-order valence-electron chi connectivity index (χ0n) is 10.3. The number of nitrogens with one attached hydrogen (secondary N) is 1. The van der Waals surface area contributed by atoms with E-state index in [0.717, 1.165) is 0 Å². The Morgan fingerprint density at radius 3 is 2.56 bits per heavy atom. The maximum absolute atomic E-state index is 11.3. The standard InChI is InChI=1S/C11H17N3O4/c1-8(15)18-7-10(16)14-9(11(13)17)5-3-2-4-6-12/h9H,2-5,7H2,1H3,(H2,13,17)(H,14,16)/t9-/m1/s1. The van der Waals surface area contributed by atoms with Gasteiger partial charge in [0.15, 0.2) is 6.61 Å². The highest BCUT2D eigenvalue weighted by molar-refractivity contribution is 5.87. The lowest BCUT2D eigenvalue weighted by Gasteiger charge is -2.14. The van der Waals surface area contributed by atoms with Crippen LogP contribution in [0, 0.1) is 11.3 Å². The van der Waals surface area contributed by atoms with Gasteiger partial charge in [0, 0.05) is 13.3 Å². The molecule has 0 heterocycles. The minimum Gasteiger partial charge on any atom is -0.456 e. The largest absolute Gasteiger partial charge is 0.456 e. The third-order valence-corrected chi connectivity index (χ3v) is 2.12. The Hall–Kier alpha value is -2.10. The van der Waals surface area contributed by atoms with Crippen molar-refractivity contribution in [1.82, 2.24) is 5.32 Å². The van der Waals surface area contributed by atoms with Crippen LogP contribution in [-0.4, -0.2) is 30.4 Å². The fourth-order valence-electron chi connectivity index (χ4n) is 1.24. The van der Waals surface area contributed by atoms with Gasteiger partial charge in [-0.15, -0.1) is 0 Å². The van der Waals surface area contributed by atoms with Crippen molar-refractivity contribution in [3.05, 3.63) is 0 Å². The second-order valence-corrected chi connectivity index (χ2v) is 3.71. The minimum absolute atomic E-state index is 0.364. The van der Waals surface area contributed by atoms with Crippen LogP contribution in [-0.2, 0) is 19.1 Å². The first kappa shape index (κ1) is 15.9. The number of nitriles is 1. The first-order valence-corrected chi connectivity index (χ1v) is 5.56. The molecule has 0 radical (unpaired) electrons. The van der Waals surface area contributed by atoms with Crippen molar-refractivity contribution in [1.29, 1.82) is 5.26 Å². The number of hydrogen-bond acceptors (Lipinski definition) is 5. The molecule has 1 atom stereocenters. The normalized spacial score (nSPS) is 11.1. The lowest BCUT2D eigenvalue weighted by Crippen LogP contribution is -2.45. The number of nitrogens with two attached hydrogens (primary N) is 1. The van der Waals surface area contributed by atoms with E-state index in [1.54, 1.807) is 0 Å². The molecule has 0 spiro atoms. The Bertz CT molecular complexity index is 349. The third-order valence-electron chi connectivity index (χ3n) is 2.12. The first-order valence-electron chi connectivity index (χ1n) is 5.56. The van der Waals surface area contributed by atoms with Gasteiger partial charge in [-0.1, -0.05) is 0 Å². The summed E-state index contributed by atoms with van der Waals surface area (Å²) in [7, 11) is 0. The maximum atomic E-state index is 11.3. The summed E-state index contributed by atoms with van der Waals surface area (Å²) >= 11 is 0. The summed E-state index contributed by atoms with van der Waals surface area (Å²) in [6.45, 7) is 0.748. The van der Waals surface area contributed by atoms with Gasteiger partial charge in [-0.3, -0.25) is 14.4 Å². The van der Waals surface area contributed by atoms with E-state index >= 15 is 0 Å². The Morgan fingerprint density at radius 1 is 1.39 bits per heavy atom. The number of ether oxygens (including phenoxy) is 1. The molecule has 0 unspecified atom stereocenters. The highest BCUT2D eigenvalue weighted by Gasteiger charge is 2.17. The molecular formula is C11H17N3O4. The monoisotopic (exact) mass is 255 g/mol. The second-order valence-electron chi connectivity index (χ2n) is 3.71. The molecule has 0 saturated carbocycles. The number of carbonyl (C=O) groups excluding carboxylic acids is 3. The highest BCUT2D eigenvalue weighted by Crippen LogP contribution is 2.03. The Balaban J connectivity index is 4.03. The van der Waals surface area contributed by atoms with Gasteiger partial charge in [0.25, 0.3) is 5.91 Å². The summed E-state index contributed by atoms with van der Waals surface area (Å²) in [5.41, 5.74) is 5.13. The van der Waals surface area contributed by atoms with Crippen molar-refractivity contribution in [2.45, 2.75) is 38.6 Å². The fourth-order valence-corrected chi connectivity index (χ4v) is 1.24. The summed E-state index contributed by atoms with van der Waals surface area (Å²) in [6, 6.07) is 1.18. The molecule has 7 heteroatoms. The molecule has 0 saturated heterocycles. The second kappa shape index (κ2) is 8.98. The molecule has 100 valence electrons. The van der Waals surface area contributed by atoms with Gasteiger partial charge in [0.05, 0.1) is 6.07 Å². The number of unbranched alkanes of at least 4 members (excludes halogenated alkanes) is 2. The van der Waals surface area contributed by atoms with Crippen LogP contribution >= 0.6 is 0 Å². The number of primary amides is 1. The number of amides is 2. The molecular weight excluding hydrogens is 238 g/mol. The van der Waals surface area contributed by atoms with Gasteiger partial charge in [0.2, 0.25) is 5.91 Å². The van der Waals surface area contributed by atoms with Gasteiger partial charge >= 0.3 is 5.97 Å². The number of carbonyl (C=O) groups is 3. The zero-order chi connectivity index (χ0) is 14.0. The first-order chi connectivity index (χ1) is 8.47. The van der Waals surface area contributed by atoms with Crippen molar-refractivity contribution >= 4 is 17.8 Å². The molecule has 18 heavy (non-hydrogen) atoms. The number of rotatable bonds is 8. The van der Waals surface area contributed by atoms with Crippen LogP contribution in [0.2, 0.25) is 0 Å². The molecule has 2 amide bonds. The number of nitrogens with zero attached hydrogens (tertiary/aromatic N) is 1. The van der Waals surface area contributed by atoms with Crippen LogP contribution in [0.4, 0.5) is 0 Å². The predicted molar refractivity (Wildman–Crippen MR) is 61.8 cm³/mol. The lowest BCUT2D eigenvalue weighted by atomic mass is 10.1. The maximum Gasteiger partial charge on any atom is 0.303 e. The molecule has 0 bridgehead atoms. The van der Waals surface area contributed by atoms with Crippen molar-refractivity contribution in [3.8, 4) is 6.07 Å². The van der Waals surface area contributed by atoms with E-state index in [0.29, 0.717) is 25.7 Å². The molecule has 0 aromatic rings. The van der Waals surface area contributed by atoms with Crippen LogP contribution < -0.4 is 11.1 Å². The molecule has 0 aromatic heterocycles. The molecule has 0 aliphatic rings. The number of esters is 1. The Morgan fingerprint density at radius 2 is 2.06 bits per heavy atom. The molecule has 3 N–H and O–H groups in total. The SMILES string of the molecule is CC(=O)OCC(=O)N[C@H](CCCCC#N)C(N)=O. The zero-order valence-corrected chi connectivity index (χ0v) is 10.3. The van der Waals surface area contributed by atoms with Crippen molar-refractivity contribution < 1.29 is 19.1 Å². The highest BCUT2D eigenvalue weighted by atomic mass is 16.5. The van der Waals surface area contributed by atoms with Crippen LogP contribution in [0.1, 0.15) is 32.6 Å². The van der Waals surface area contributed by atoms with Crippen LogP contribution in [0.3, 0.4) is 0 Å². The Labute approximate surface area is 105 Å². The van der Waals surface area contributed by atoms with Crippen LogP contribution in [0.25, 0.3) is 0 Å². The molecule has 0 aliphatic heterocycles. The minimum atomic E-state index is -0.799. The van der Waals surface area contributed by atoms with E-state index in [9.17, 15) is 14.4 Å². The average molecular weight is 255 g/mol. The lowest BCUT2D eigenvalue weighted by molar-refractivity contribution is -0.146. The topological polar surface area (TPSA) is 122 Å². The summed E-state index contributed by atoms with van der Waals surface area (Å²) in [6.07, 6.45) is 2.00. The quantitative estimate of drug-likeness (QED) is 0.451. The summed E-state index contributed by atoms with van der Waals surface area (Å²) in [5.74, 6) is -1.80. The van der Waals surface area contributed by atoms with Gasteiger partial charge in [-0.05, 0) is 19.3 Å². The van der Waals surface area contributed by atoms with Crippen molar-refractivity contribution in [2.75, 3.05) is 6.61 Å². The van der Waals surface area contributed by atoms with Gasteiger partial charge in [0.1, 0.15) is 6.04 Å². The van der Waals surface area contributed by atoms with E-state index in [1.807, 2.05) is 6.07 Å². The molecule has 0 aliphatic carbocycles. The summed E-state index contributed by atoms with van der Waals surface area (Å²) in [5, 5.41) is 10.7. The molecule has 0 fully saturated rings. The molecule has 0 rings (SSSR count). The van der Waals surface area contributed by atoms with Gasteiger partial charge in [-0.2, -0.15) is 5.26 Å². The summed E-state index contributed by atoms with van der Waals surface area (Å²) in [4.78, 5) is 32.9. The van der Waals surface area contributed by atoms with Crippen molar-refractivity contribution in [2.24, 2.45) is 5.73 Å². The molecule has 0 aromatic carbocycles. The predicted octanol–water partition coefficient (Wildman–Crippen LogP) is -0.396. The molecule has 7 nitrogen and oxygen atoms in total. The van der Waals surface area contributed by atoms with E-state index in [2.05, 4.69) is 10.1 Å². The van der Waals surface area contributed by atoms with Gasteiger partial charge in [-0.25, -0.2) is 0 Å². The Kier molecular flexibility index (Phi) is 7.94.